The van der Waals surface area contributed by atoms with Crippen LogP contribution in [0.2, 0.25) is 0 Å². The third-order valence-electron chi connectivity index (χ3n) is 5.72. The van der Waals surface area contributed by atoms with Crippen LogP contribution in [0, 0.1) is 0 Å². The van der Waals surface area contributed by atoms with Gasteiger partial charge in [0.05, 0.1) is 24.0 Å². The number of alkyl halides is 3. The number of hydrogen-bond donors (Lipinski definition) is 1. The number of aromatic nitrogens is 2. The molecule has 1 saturated heterocycles. The van der Waals surface area contributed by atoms with Gasteiger partial charge in [0.1, 0.15) is 11.3 Å². The van der Waals surface area contributed by atoms with Crippen molar-refractivity contribution >= 4 is 28.9 Å². The number of piperazine rings is 1. The number of hydrogen-bond acceptors (Lipinski definition) is 4. The van der Waals surface area contributed by atoms with Crippen LogP contribution in [0.3, 0.4) is 0 Å². The monoisotopic (exact) mass is 439 g/mol. The molecule has 1 amide bonds. The summed E-state index contributed by atoms with van der Waals surface area (Å²) in [6.45, 7) is 3.33. The predicted molar refractivity (Wildman–Crippen MR) is 115 cm³/mol. The maximum atomic E-state index is 13.4. The highest BCUT2D eigenvalue weighted by Gasteiger charge is 2.37. The SMILES string of the molecule is C/C=C\c1cnc2ccc(C3=C4C(=O)N(c5ccc(C(F)(F)F)cc5)CCN4NC3)cn12. The first-order valence-electron chi connectivity index (χ1n) is 10.2. The molecule has 1 fully saturated rings. The lowest BCUT2D eigenvalue weighted by Crippen LogP contribution is -2.50. The van der Waals surface area contributed by atoms with Gasteiger partial charge in [-0.05, 0) is 55.0 Å². The summed E-state index contributed by atoms with van der Waals surface area (Å²) in [7, 11) is 0. The average molecular weight is 439 g/mol. The summed E-state index contributed by atoms with van der Waals surface area (Å²) in [5.74, 6) is -0.240. The van der Waals surface area contributed by atoms with Gasteiger partial charge in [0, 0.05) is 30.5 Å². The van der Waals surface area contributed by atoms with E-state index >= 15 is 0 Å². The van der Waals surface area contributed by atoms with Crippen LogP contribution in [0.15, 0.2) is 60.6 Å². The van der Waals surface area contributed by atoms with Gasteiger partial charge in [-0.1, -0.05) is 6.08 Å². The number of imidazole rings is 1. The number of nitrogens with zero attached hydrogens (tertiary/aromatic N) is 4. The highest BCUT2D eigenvalue weighted by Crippen LogP contribution is 2.34. The molecular formula is C23H20F3N5O. The summed E-state index contributed by atoms with van der Waals surface area (Å²) in [5.41, 5.74) is 6.93. The van der Waals surface area contributed by atoms with E-state index in [2.05, 4.69) is 10.4 Å². The largest absolute Gasteiger partial charge is 0.416 e. The summed E-state index contributed by atoms with van der Waals surface area (Å²) in [5, 5.41) is 1.82. The van der Waals surface area contributed by atoms with Gasteiger partial charge in [-0.2, -0.15) is 13.2 Å². The van der Waals surface area contributed by atoms with Crippen LogP contribution in [0.5, 0.6) is 0 Å². The molecule has 4 heterocycles. The first kappa shape index (κ1) is 20.3. The number of rotatable bonds is 3. The summed E-state index contributed by atoms with van der Waals surface area (Å²) in [6.07, 6.45) is 3.22. The number of pyridine rings is 1. The highest BCUT2D eigenvalue weighted by atomic mass is 19.4. The highest BCUT2D eigenvalue weighted by molar-refractivity contribution is 6.11. The Balaban J connectivity index is 1.52. The molecule has 0 radical (unpaired) electrons. The Morgan fingerprint density at radius 2 is 1.88 bits per heavy atom. The minimum Gasteiger partial charge on any atom is -0.305 e. The van der Waals surface area contributed by atoms with Crippen molar-refractivity contribution in [3.8, 4) is 0 Å². The maximum Gasteiger partial charge on any atom is 0.416 e. The molecular weight excluding hydrogens is 419 g/mol. The molecule has 6 nitrogen and oxygen atoms in total. The quantitative estimate of drug-likeness (QED) is 0.671. The van der Waals surface area contributed by atoms with Crippen molar-refractivity contribution in [1.82, 2.24) is 19.8 Å². The zero-order chi connectivity index (χ0) is 22.5. The Hall–Kier alpha value is -3.59. The Labute approximate surface area is 182 Å². The second kappa shape index (κ2) is 7.52. The molecule has 2 aliphatic heterocycles. The Morgan fingerprint density at radius 3 is 2.59 bits per heavy atom. The van der Waals surface area contributed by atoms with E-state index in [9.17, 15) is 18.0 Å². The molecule has 2 aliphatic rings. The maximum absolute atomic E-state index is 13.4. The second-order valence-electron chi connectivity index (χ2n) is 7.64. The van der Waals surface area contributed by atoms with Crippen LogP contribution in [0.25, 0.3) is 17.3 Å². The van der Waals surface area contributed by atoms with E-state index in [-0.39, 0.29) is 5.91 Å². The number of amides is 1. The van der Waals surface area contributed by atoms with Crippen molar-refractivity contribution in [3.05, 3.63) is 77.4 Å². The van der Waals surface area contributed by atoms with Gasteiger partial charge in [-0.15, -0.1) is 0 Å². The number of benzene rings is 1. The third kappa shape index (κ3) is 3.34. The van der Waals surface area contributed by atoms with Crippen molar-refractivity contribution in [2.24, 2.45) is 0 Å². The summed E-state index contributed by atoms with van der Waals surface area (Å²) >= 11 is 0. The molecule has 3 aromatic rings. The molecule has 5 rings (SSSR count). The lowest BCUT2D eigenvalue weighted by Gasteiger charge is -2.34. The van der Waals surface area contributed by atoms with Crippen molar-refractivity contribution in [1.29, 1.82) is 0 Å². The van der Waals surface area contributed by atoms with Gasteiger partial charge in [0.15, 0.2) is 0 Å². The van der Waals surface area contributed by atoms with Crippen molar-refractivity contribution in [3.63, 3.8) is 0 Å². The molecule has 0 aliphatic carbocycles. The minimum absolute atomic E-state index is 0.240. The van der Waals surface area contributed by atoms with Gasteiger partial charge in [-0.25, -0.2) is 10.4 Å². The summed E-state index contributed by atoms with van der Waals surface area (Å²) in [6, 6.07) is 8.54. The van der Waals surface area contributed by atoms with Crippen LogP contribution in [-0.4, -0.2) is 39.9 Å². The molecule has 0 unspecified atom stereocenters. The Bertz CT molecular complexity index is 1260. The van der Waals surface area contributed by atoms with Gasteiger partial charge in [0.2, 0.25) is 0 Å². The second-order valence-corrected chi connectivity index (χ2v) is 7.64. The van der Waals surface area contributed by atoms with Gasteiger partial charge in [-0.3, -0.25) is 9.20 Å². The van der Waals surface area contributed by atoms with E-state index in [1.165, 1.54) is 17.0 Å². The first-order chi connectivity index (χ1) is 15.4. The van der Waals surface area contributed by atoms with Crippen LogP contribution in [-0.2, 0) is 11.0 Å². The van der Waals surface area contributed by atoms with Crippen molar-refractivity contribution in [2.75, 3.05) is 24.5 Å². The third-order valence-corrected chi connectivity index (χ3v) is 5.72. The zero-order valence-electron chi connectivity index (χ0n) is 17.2. The molecule has 32 heavy (non-hydrogen) atoms. The molecule has 0 saturated carbocycles. The zero-order valence-corrected chi connectivity index (χ0v) is 17.2. The fraction of sp³-hybridized carbons (Fsp3) is 0.217. The van der Waals surface area contributed by atoms with Crippen LogP contribution in [0.1, 0.15) is 23.7 Å². The van der Waals surface area contributed by atoms with Crippen LogP contribution < -0.4 is 10.3 Å². The Morgan fingerprint density at radius 1 is 1.09 bits per heavy atom. The van der Waals surface area contributed by atoms with E-state index in [0.717, 1.165) is 34.6 Å². The van der Waals surface area contributed by atoms with Crippen molar-refractivity contribution in [2.45, 2.75) is 13.1 Å². The number of hydrazine groups is 1. The molecule has 0 spiro atoms. The van der Waals surface area contributed by atoms with E-state index in [0.29, 0.717) is 31.0 Å². The fourth-order valence-electron chi connectivity index (χ4n) is 4.15. The summed E-state index contributed by atoms with van der Waals surface area (Å²) in [4.78, 5) is 19.3. The van der Waals surface area contributed by atoms with E-state index < -0.39 is 11.7 Å². The number of anilines is 1. The van der Waals surface area contributed by atoms with E-state index in [1.54, 1.807) is 6.20 Å². The van der Waals surface area contributed by atoms with E-state index in [4.69, 9.17) is 0 Å². The van der Waals surface area contributed by atoms with E-state index in [1.807, 2.05) is 46.8 Å². The number of allylic oxidation sites excluding steroid dienone is 1. The molecule has 2 aromatic heterocycles. The number of carbonyl (C=O) groups is 1. The van der Waals surface area contributed by atoms with Crippen molar-refractivity contribution < 1.29 is 18.0 Å². The molecule has 0 bridgehead atoms. The Kier molecular flexibility index (Phi) is 4.78. The number of nitrogens with one attached hydrogen (secondary N) is 1. The topological polar surface area (TPSA) is 52.9 Å². The van der Waals surface area contributed by atoms with Crippen LogP contribution >= 0.6 is 0 Å². The number of halogens is 3. The molecule has 1 aromatic carbocycles. The van der Waals surface area contributed by atoms with Gasteiger partial charge < -0.3 is 9.91 Å². The molecule has 9 heteroatoms. The summed E-state index contributed by atoms with van der Waals surface area (Å²) < 4.78 is 40.7. The average Bonchev–Trinajstić information content (AvgIpc) is 3.38. The standard InChI is InChI=1S/C23H20F3N5O/c1-2-3-18-12-27-20-9-4-15(14-30(18)20)19-13-28-31-11-10-29(22(32)21(19)31)17-7-5-16(6-8-17)23(24,25)26/h2-9,12,14,28H,10-11,13H2,1H3/b3-2-. The number of carbonyl (C=O) groups excluding carboxylic acids is 1. The number of fused-ring (bicyclic) bond motifs is 2. The fourth-order valence-corrected chi connectivity index (χ4v) is 4.15. The smallest absolute Gasteiger partial charge is 0.305 e. The van der Waals surface area contributed by atoms with Gasteiger partial charge >= 0.3 is 6.18 Å². The molecule has 164 valence electrons. The van der Waals surface area contributed by atoms with Gasteiger partial charge in [0.25, 0.3) is 5.91 Å². The minimum atomic E-state index is -4.41. The van der Waals surface area contributed by atoms with Crippen LogP contribution in [0.4, 0.5) is 18.9 Å². The predicted octanol–water partition coefficient (Wildman–Crippen LogP) is 3.96. The lowest BCUT2D eigenvalue weighted by molar-refractivity contribution is -0.137. The molecule has 0 atom stereocenters. The normalized spacial score (nSPS) is 17.2. The lowest BCUT2D eigenvalue weighted by atomic mass is 10.0. The molecule has 1 N–H and O–H groups in total. The first-order valence-corrected chi connectivity index (χ1v) is 10.2.